The van der Waals surface area contributed by atoms with E-state index in [0.29, 0.717) is 23.9 Å². The van der Waals surface area contributed by atoms with Gasteiger partial charge in [0, 0.05) is 28.7 Å². The van der Waals surface area contributed by atoms with Crippen molar-refractivity contribution in [1.29, 1.82) is 0 Å². The smallest absolute Gasteiger partial charge is 0.275 e. The van der Waals surface area contributed by atoms with Crippen LogP contribution in [0.2, 0.25) is 0 Å². The third-order valence-electron chi connectivity index (χ3n) is 4.96. The van der Waals surface area contributed by atoms with Gasteiger partial charge in [-0.25, -0.2) is 4.98 Å². The van der Waals surface area contributed by atoms with Crippen LogP contribution in [0.5, 0.6) is 0 Å². The van der Waals surface area contributed by atoms with E-state index in [1.807, 2.05) is 26.0 Å². The minimum Gasteiger partial charge on any atom is -0.393 e. The van der Waals surface area contributed by atoms with Crippen molar-refractivity contribution in [2.24, 2.45) is 5.92 Å². The molecule has 0 saturated heterocycles. The standard InChI is InChI=1S/C20H28N6O2S/c1-12-7-16(29-11-23-8-14-3-4-14)19(22)20(28)26(12)10-18(27)24-9-15-5-6-17(21)25-13(15)2/h5-7,14,23H,3-4,8-11,22H2,1-2H3,(H2,21,25)(H,24,27). The molecule has 156 valence electrons. The number of hydrogen-bond acceptors (Lipinski definition) is 7. The molecule has 9 heteroatoms. The van der Waals surface area contributed by atoms with Gasteiger partial charge in [-0.3, -0.25) is 9.59 Å². The van der Waals surface area contributed by atoms with Crippen LogP contribution >= 0.6 is 11.8 Å². The van der Waals surface area contributed by atoms with E-state index >= 15 is 0 Å². The number of nitrogens with two attached hydrogens (primary N) is 2. The first kappa shape index (κ1) is 21.2. The first-order chi connectivity index (χ1) is 13.8. The molecule has 8 nitrogen and oxygen atoms in total. The molecular weight excluding hydrogens is 388 g/mol. The van der Waals surface area contributed by atoms with E-state index in [2.05, 4.69) is 15.6 Å². The molecule has 1 aliphatic carbocycles. The normalized spacial score (nSPS) is 13.4. The minimum atomic E-state index is -0.338. The Morgan fingerprint density at radius 1 is 1.31 bits per heavy atom. The van der Waals surface area contributed by atoms with Gasteiger partial charge >= 0.3 is 0 Å². The summed E-state index contributed by atoms with van der Waals surface area (Å²) in [5.74, 6) is 1.68. The number of aryl methyl sites for hydroxylation is 2. The summed E-state index contributed by atoms with van der Waals surface area (Å²) in [7, 11) is 0. The molecule has 6 N–H and O–H groups in total. The molecule has 0 atom stereocenters. The molecule has 1 saturated carbocycles. The van der Waals surface area contributed by atoms with Crippen LogP contribution in [0.15, 0.2) is 27.9 Å². The zero-order valence-electron chi connectivity index (χ0n) is 16.8. The number of rotatable bonds is 9. The Balaban J connectivity index is 1.59. The largest absolute Gasteiger partial charge is 0.393 e. The monoisotopic (exact) mass is 416 g/mol. The van der Waals surface area contributed by atoms with Gasteiger partial charge in [-0.15, -0.1) is 11.8 Å². The van der Waals surface area contributed by atoms with E-state index in [9.17, 15) is 9.59 Å². The summed E-state index contributed by atoms with van der Waals surface area (Å²) in [6.07, 6.45) is 2.59. The van der Waals surface area contributed by atoms with Gasteiger partial charge in [0.1, 0.15) is 18.1 Å². The molecule has 0 radical (unpaired) electrons. The van der Waals surface area contributed by atoms with Crippen LogP contribution < -0.4 is 27.7 Å². The average Bonchev–Trinajstić information content (AvgIpc) is 3.50. The Morgan fingerprint density at radius 2 is 2.07 bits per heavy atom. The van der Waals surface area contributed by atoms with Crippen molar-refractivity contribution in [2.45, 2.75) is 44.7 Å². The molecular formula is C20H28N6O2S. The Morgan fingerprint density at radius 3 is 2.76 bits per heavy atom. The molecule has 0 bridgehead atoms. The minimum absolute atomic E-state index is 0.0822. The Kier molecular flexibility index (Phi) is 6.81. The van der Waals surface area contributed by atoms with Gasteiger partial charge in [0.25, 0.3) is 5.56 Å². The second-order valence-electron chi connectivity index (χ2n) is 7.40. The third kappa shape index (κ3) is 5.74. The van der Waals surface area contributed by atoms with Crippen molar-refractivity contribution in [2.75, 3.05) is 23.9 Å². The van der Waals surface area contributed by atoms with E-state index in [1.54, 1.807) is 6.07 Å². The summed E-state index contributed by atoms with van der Waals surface area (Å²) in [4.78, 5) is 30.0. The van der Waals surface area contributed by atoms with Gasteiger partial charge in [0.05, 0.1) is 0 Å². The van der Waals surface area contributed by atoms with Crippen LogP contribution in [0.1, 0.15) is 29.8 Å². The lowest BCUT2D eigenvalue weighted by Crippen LogP contribution is -2.34. The summed E-state index contributed by atoms with van der Waals surface area (Å²) in [6, 6.07) is 5.39. The number of aromatic nitrogens is 2. The number of thioether (sulfide) groups is 1. The molecule has 0 spiro atoms. The lowest BCUT2D eigenvalue weighted by atomic mass is 10.2. The number of nitrogens with one attached hydrogen (secondary N) is 2. The van der Waals surface area contributed by atoms with Crippen molar-refractivity contribution >= 4 is 29.2 Å². The maximum Gasteiger partial charge on any atom is 0.275 e. The van der Waals surface area contributed by atoms with Crippen molar-refractivity contribution in [3.63, 3.8) is 0 Å². The summed E-state index contributed by atoms with van der Waals surface area (Å²) >= 11 is 1.52. The number of hydrogen-bond donors (Lipinski definition) is 4. The Bertz CT molecular complexity index is 955. The van der Waals surface area contributed by atoms with Gasteiger partial charge in [-0.2, -0.15) is 0 Å². The highest BCUT2D eigenvalue weighted by atomic mass is 32.2. The highest BCUT2D eigenvalue weighted by Gasteiger charge is 2.20. The Hall–Kier alpha value is -2.52. The van der Waals surface area contributed by atoms with Crippen LogP contribution in [-0.2, 0) is 17.9 Å². The summed E-state index contributed by atoms with van der Waals surface area (Å²) in [5.41, 5.74) is 13.9. The van der Waals surface area contributed by atoms with Gasteiger partial charge in [0.15, 0.2) is 0 Å². The third-order valence-corrected chi connectivity index (χ3v) is 5.96. The zero-order chi connectivity index (χ0) is 21.0. The van der Waals surface area contributed by atoms with E-state index in [0.717, 1.165) is 28.6 Å². The number of anilines is 2. The molecule has 1 amide bonds. The van der Waals surface area contributed by atoms with Gasteiger partial charge in [-0.1, -0.05) is 6.07 Å². The quantitative estimate of drug-likeness (QED) is 0.276. The van der Waals surface area contributed by atoms with E-state index in [-0.39, 0.29) is 23.7 Å². The number of carbonyl (C=O) groups is 1. The van der Waals surface area contributed by atoms with Gasteiger partial charge in [0.2, 0.25) is 5.91 Å². The van der Waals surface area contributed by atoms with Crippen LogP contribution in [0, 0.1) is 19.8 Å². The van der Waals surface area contributed by atoms with E-state index < -0.39 is 0 Å². The lowest BCUT2D eigenvalue weighted by Gasteiger charge is -2.14. The van der Waals surface area contributed by atoms with Crippen LogP contribution in [0.4, 0.5) is 11.5 Å². The predicted molar refractivity (Wildman–Crippen MR) is 117 cm³/mol. The predicted octanol–water partition coefficient (Wildman–Crippen LogP) is 1.39. The lowest BCUT2D eigenvalue weighted by molar-refractivity contribution is -0.121. The summed E-state index contributed by atoms with van der Waals surface area (Å²) in [5, 5.41) is 6.19. The van der Waals surface area contributed by atoms with Crippen molar-refractivity contribution in [1.82, 2.24) is 20.2 Å². The van der Waals surface area contributed by atoms with E-state index in [4.69, 9.17) is 11.5 Å². The maximum absolute atomic E-state index is 12.7. The molecule has 3 rings (SSSR count). The number of nitrogen functional groups attached to an aromatic ring is 2. The molecule has 2 aromatic heterocycles. The highest BCUT2D eigenvalue weighted by molar-refractivity contribution is 7.99. The highest BCUT2D eigenvalue weighted by Crippen LogP contribution is 2.28. The van der Waals surface area contributed by atoms with Crippen molar-refractivity contribution in [3.05, 3.63) is 45.5 Å². The second kappa shape index (κ2) is 9.32. The summed E-state index contributed by atoms with van der Waals surface area (Å²) in [6.45, 7) is 4.89. The molecule has 2 heterocycles. The maximum atomic E-state index is 12.7. The van der Waals surface area contributed by atoms with Crippen LogP contribution in [0.25, 0.3) is 0 Å². The molecule has 0 unspecified atom stereocenters. The first-order valence-corrected chi connectivity index (χ1v) is 10.7. The molecule has 1 aliphatic rings. The molecule has 29 heavy (non-hydrogen) atoms. The second-order valence-corrected chi connectivity index (χ2v) is 8.42. The molecule has 1 fully saturated rings. The number of pyridine rings is 2. The molecule has 0 aliphatic heterocycles. The summed E-state index contributed by atoms with van der Waals surface area (Å²) < 4.78 is 1.40. The van der Waals surface area contributed by atoms with Gasteiger partial charge in [-0.05, 0) is 56.8 Å². The van der Waals surface area contributed by atoms with Crippen LogP contribution in [-0.4, -0.2) is 27.9 Å². The average molecular weight is 417 g/mol. The van der Waals surface area contributed by atoms with Gasteiger partial charge < -0.3 is 26.7 Å². The number of carbonyl (C=O) groups excluding carboxylic acids is 1. The fourth-order valence-corrected chi connectivity index (χ4v) is 3.85. The first-order valence-electron chi connectivity index (χ1n) is 9.67. The van der Waals surface area contributed by atoms with Crippen LogP contribution in [0.3, 0.4) is 0 Å². The SMILES string of the molecule is Cc1nc(N)ccc1CNC(=O)Cn1c(C)cc(SCNCC2CC2)c(N)c1=O. The zero-order valence-corrected chi connectivity index (χ0v) is 17.6. The molecule has 2 aromatic rings. The fraction of sp³-hybridized carbons (Fsp3) is 0.450. The topological polar surface area (TPSA) is 128 Å². The number of amides is 1. The van der Waals surface area contributed by atoms with E-state index in [1.165, 1.54) is 29.2 Å². The van der Waals surface area contributed by atoms with Crippen molar-refractivity contribution in [3.8, 4) is 0 Å². The fourth-order valence-electron chi connectivity index (χ4n) is 2.98. The molecule has 0 aromatic carbocycles. The Labute approximate surface area is 174 Å². The number of nitrogens with zero attached hydrogens (tertiary/aromatic N) is 2. The van der Waals surface area contributed by atoms with Crippen molar-refractivity contribution < 1.29 is 4.79 Å².